The number of hydrogen-bond acceptors (Lipinski definition) is 8. The van der Waals surface area contributed by atoms with Gasteiger partial charge in [0.1, 0.15) is 11.6 Å². The number of aromatic nitrogens is 4. The summed E-state index contributed by atoms with van der Waals surface area (Å²) in [4.78, 5) is 17.6. The fourth-order valence-electron chi connectivity index (χ4n) is 5.35. The molecule has 220 valence electrons. The van der Waals surface area contributed by atoms with Crippen molar-refractivity contribution in [3.63, 3.8) is 0 Å². The van der Waals surface area contributed by atoms with Gasteiger partial charge in [-0.1, -0.05) is 68.4 Å². The van der Waals surface area contributed by atoms with Gasteiger partial charge in [0.05, 0.1) is 23.7 Å². The molecule has 1 unspecified atom stereocenters. The monoisotopic (exact) mass is 569 g/mol. The van der Waals surface area contributed by atoms with Crippen molar-refractivity contribution in [2.75, 3.05) is 13.7 Å². The van der Waals surface area contributed by atoms with E-state index in [0.717, 1.165) is 83.0 Å². The van der Waals surface area contributed by atoms with Crippen molar-refractivity contribution in [1.29, 1.82) is 0 Å². The van der Waals surface area contributed by atoms with E-state index in [1.54, 1.807) is 7.11 Å². The topological polar surface area (TPSA) is 119 Å². The first-order valence-electron chi connectivity index (χ1n) is 14.8. The summed E-state index contributed by atoms with van der Waals surface area (Å²) in [7, 11) is 1.71. The predicted octanol–water partition coefficient (Wildman–Crippen LogP) is 4.62. The van der Waals surface area contributed by atoms with Gasteiger partial charge in [-0.3, -0.25) is 19.8 Å². The number of methoxy groups -OCH3 is 1. The molecule has 1 aliphatic rings. The van der Waals surface area contributed by atoms with E-state index in [1.807, 2.05) is 37.3 Å². The number of ether oxygens (including phenoxy) is 1. The van der Waals surface area contributed by atoms with Crippen LogP contribution in [0.5, 0.6) is 0 Å². The number of amides is 1. The molecule has 0 radical (unpaired) electrons. The van der Waals surface area contributed by atoms with Crippen molar-refractivity contribution in [3.8, 4) is 5.69 Å². The number of carbonyl (C=O) groups is 1. The summed E-state index contributed by atoms with van der Waals surface area (Å²) in [5.74, 6) is 2.22. The van der Waals surface area contributed by atoms with Gasteiger partial charge >= 0.3 is 0 Å². The summed E-state index contributed by atoms with van der Waals surface area (Å²) in [5.41, 5.74) is 12.9. The third-order valence-electron chi connectivity index (χ3n) is 7.49. The van der Waals surface area contributed by atoms with E-state index in [2.05, 4.69) is 62.8 Å². The van der Waals surface area contributed by atoms with Gasteiger partial charge in [0.15, 0.2) is 12.0 Å². The Morgan fingerprint density at radius 1 is 1.02 bits per heavy atom. The molecule has 0 fully saturated rings. The zero-order valence-corrected chi connectivity index (χ0v) is 24.8. The lowest BCUT2D eigenvalue weighted by atomic mass is 9.98. The molecule has 10 heteroatoms. The zero-order valence-electron chi connectivity index (χ0n) is 24.8. The summed E-state index contributed by atoms with van der Waals surface area (Å²) in [6, 6.07) is 16.5. The quantitative estimate of drug-likeness (QED) is 0.225. The van der Waals surface area contributed by atoms with Crippen LogP contribution in [0.1, 0.15) is 85.1 Å². The standard InChI is InChI=1S/C32H39N7O3/c1-5-11-29(40)35-36-31-32-37-34-28(17-16-23-25(6-2)38-42-27(23)7-3)39(32)26-20-21(18-19-41-4)14-15-24(26)30(33-31)22-12-9-8-10-13-22/h8-10,12-15,20,31,36H,5-7,11,16-19H2,1-4H3,(H,35,40). The van der Waals surface area contributed by atoms with Gasteiger partial charge in [0.25, 0.3) is 0 Å². The van der Waals surface area contributed by atoms with E-state index in [0.29, 0.717) is 25.3 Å². The Morgan fingerprint density at radius 2 is 1.86 bits per heavy atom. The lowest BCUT2D eigenvalue weighted by molar-refractivity contribution is -0.122. The SMILES string of the molecule is CCCC(=O)NNC1N=C(c2ccccc2)c2ccc(CCOC)cc2-n2c(CCc3c(CC)noc3CC)nnc21. The first-order chi connectivity index (χ1) is 20.6. The summed E-state index contributed by atoms with van der Waals surface area (Å²) < 4.78 is 13.1. The number of aryl methyl sites for hydroxylation is 3. The zero-order chi connectivity index (χ0) is 29.5. The molecule has 0 saturated carbocycles. The van der Waals surface area contributed by atoms with Gasteiger partial charge in [-0.15, -0.1) is 10.2 Å². The second-order valence-corrected chi connectivity index (χ2v) is 10.3. The molecule has 0 spiro atoms. The van der Waals surface area contributed by atoms with E-state index in [-0.39, 0.29) is 5.91 Å². The van der Waals surface area contributed by atoms with E-state index >= 15 is 0 Å². The molecule has 1 atom stereocenters. The second kappa shape index (κ2) is 13.7. The van der Waals surface area contributed by atoms with Crippen LogP contribution in [0.25, 0.3) is 5.69 Å². The highest BCUT2D eigenvalue weighted by Crippen LogP contribution is 2.31. The molecule has 4 aromatic rings. The Hall–Kier alpha value is -4.15. The van der Waals surface area contributed by atoms with Crippen LogP contribution in [0, 0.1) is 0 Å². The normalized spacial score (nSPS) is 14.2. The Kier molecular flexibility index (Phi) is 9.55. The van der Waals surface area contributed by atoms with Crippen molar-refractivity contribution >= 4 is 11.6 Å². The minimum Gasteiger partial charge on any atom is -0.384 e. The number of carbonyl (C=O) groups excluding carboxylic acids is 1. The van der Waals surface area contributed by atoms with Crippen molar-refractivity contribution in [2.45, 2.75) is 71.9 Å². The number of nitrogens with zero attached hydrogens (tertiary/aromatic N) is 5. The highest BCUT2D eigenvalue weighted by atomic mass is 16.5. The molecule has 2 aromatic heterocycles. The smallest absolute Gasteiger partial charge is 0.234 e. The lowest BCUT2D eigenvalue weighted by Crippen LogP contribution is -2.40. The van der Waals surface area contributed by atoms with Gasteiger partial charge < -0.3 is 9.26 Å². The average Bonchev–Trinajstić information content (AvgIpc) is 3.59. The molecule has 2 aromatic carbocycles. The highest BCUT2D eigenvalue weighted by Gasteiger charge is 2.30. The second-order valence-electron chi connectivity index (χ2n) is 10.3. The molecule has 3 heterocycles. The maximum atomic E-state index is 12.5. The number of benzene rings is 2. The number of hydrazine groups is 1. The molecule has 0 aliphatic carbocycles. The highest BCUT2D eigenvalue weighted by molar-refractivity contribution is 6.15. The van der Waals surface area contributed by atoms with Crippen LogP contribution in [0.4, 0.5) is 0 Å². The molecule has 42 heavy (non-hydrogen) atoms. The maximum absolute atomic E-state index is 12.5. The number of nitrogens with one attached hydrogen (secondary N) is 2. The number of rotatable bonds is 13. The van der Waals surface area contributed by atoms with Gasteiger partial charge in [-0.25, -0.2) is 5.43 Å². The molecule has 0 bridgehead atoms. The van der Waals surface area contributed by atoms with E-state index in [4.69, 9.17) is 14.3 Å². The number of fused-ring (bicyclic) bond motifs is 3. The minimum absolute atomic E-state index is 0.101. The summed E-state index contributed by atoms with van der Waals surface area (Å²) in [6.07, 6.45) is 4.21. The van der Waals surface area contributed by atoms with Crippen LogP contribution in [-0.2, 0) is 41.6 Å². The lowest BCUT2D eigenvalue weighted by Gasteiger charge is -2.16. The van der Waals surface area contributed by atoms with Crippen LogP contribution >= 0.6 is 0 Å². The van der Waals surface area contributed by atoms with Crippen LogP contribution in [0.15, 0.2) is 58.0 Å². The number of aliphatic imine (C=N–C) groups is 1. The molecule has 2 N–H and O–H groups in total. The molecular weight excluding hydrogens is 530 g/mol. The van der Waals surface area contributed by atoms with Gasteiger partial charge in [-0.05, 0) is 37.3 Å². The van der Waals surface area contributed by atoms with Crippen molar-refractivity contribution in [1.82, 2.24) is 30.8 Å². The Balaban J connectivity index is 1.63. The first-order valence-corrected chi connectivity index (χ1v) is 14.8. The molecular formula is C32H39N7O3. The van der Waals surface area contributed by atoms with Gasteiger partial charge in [-0.2, -0.15) is 0 Å². The maximum Gasteiger partial charge on any atom is 0.234 e. The van der Waals surface area contributed by atoms with Crippen LogP contribution in [-0.4, -0.2) is 45.3 Å². The summed E-state index contributed by atoms with van der Waals surface area (Å²) in [6.45, 7) is 6.76. The Labute approximate surface area is 246 Å². The van der Waals surface area contributed by atoms with E-state index in [1.165, 1.54) is 0 Å². The predicted molar refractivity (Wildman–Crippen MR) is 161 cm³/mol. The molecule has 0 saturated heterocycles. The fraction of sp³-hybridized carbons (Fsp3) is 0.406. The van der Waals surface area contributed by atoms with Crippen LogP contribution in [0.3, 0.4) is 0 Å². The third kappa shape index (κ3) is 6.19. The van der Waals surface area contributed by atoms with Gasteiger partial charge in [0.2, 0.25) is 5.91 Å². The summed E-state index contributed by atoms with van der Waals surface area (Å²) in [5, 5.41) is 13.6. The molecule has 5 rings (SSSR count). The first kappa shape index (κ1) is 29.3. The van der Waals surface area contributed by atoms with Crippen LogP contribution in [0.2, 0.25) is 0 Å². The fourth-order valence-corrected chi connectivity index (χ4v) is 5.35. The summed E-state index contributed by atoms with van der Waals surface area (Å²) >= 11 is 0. The Bertz CT molecular complexity index is 1520. The van der Waals surface area contributed by atoms with Crippen molar-refractivity contribution < 1.29 is 14.1 Å². The Morgan fingerprint density at radius 3 is 2.60 bits per heavy atom. The van der Waals surface area contributed by atoms with Crippen molar-refractivity contribution in [3.05, 3.63) is 93.9 Å². The van der Waals surface area contributed by atoms with Crippen molar-refractivity contribution in [2.24, 2.45) is 4.99 Å². The number of hydrogen-bond donors (Lipinski definition) is 2. The van der Waals surface area contributed by atoms with E-state index in [9.17, 15) is 4.79 Å². The molecule has 10 nitrogen and oxygen atoms in total. The van der Waals surface area contributed by atoms with E-state index < -0.39 is 6.17 Å². The third-order valence-corrected chi connectivity index (χ3v) is 7.49. The molecule has 1 amide bonds. The molecule has 1 aliphatic heterocycles. The van der Waals surface area contributed by atoms with Gasteiger partial charge in [0, 0.05) is 43.1 Å². The average molecular weight is 570 g/mol. The largest absolute Gasteiger partial charge is 0.384 e. The minimum atomic E-state index is -0.662. The van der Waals surface area contributed by atoms with Crippen LogP contribution < -0.4 is 10.9 Å².